The summed E-state index contributed by atoms with van der Waals surface area (Å²) in [5.41, 5.74) is 0. The fraction of sp³-hybridized carbons (Fsp3) is 0.875. The molecule has 0 radical (unpaired) electrons. The van der Waals surface area contributed by atoms with Crippen molar-refractivity contribution in [2.45, 2.75) is 19.8 Å². The van der Waals surface area contributed by atoms with Crippen LogP contribution in [0.25, 0.3) is 0 Å². The largest absolute Gasteiger partial charge is 0.381 e. The Balaban J connectivity index is 2.10. The number of hydrogen-bond acceptors (Lipinski definition) is 2. The predicted octanol–water partition coefficient (Wildman–Crippen LogP) is 0.549. The lowest BCUT2D eigenvalue weighted by Gasteiger charge is -2.05. The number of amides is 1. The van der Waals surface area contributed by atoms with E-state index in [1.807, 2.05) is 0 Å². The first-order valence-electron chi connectivity index (χ1n) is 4.20. The zero-order chi connectivity index (χ0) is 8.10. The Morgan fingerprint density at radius 1 is 1.73 bits per heavy atom. The van der Waals surface area contributed by atoms with E-state index in [0.29, 0.717) is 6.61 Å². The van der Waals surface area contributed by atoms with Crippen molar-refractivity contribution in [1.29, 1.82) is 0 Å². The third kappa shape index (κ3) is 2.50. The molecule has 3 heteroatoms. The van der Waals surface area contributed by atoms with E-state index < -0.39 is 0 Å². The highest BCUT2D eigenvalue weighted by atomic mass is 16.5. The Labute approximate surface area is 67.1 Å². The van der Waals surface area contributed by atoms with E-state index in [4.69, 9.17) is 4.74 Å². The van der Waals surface area contributed by atoms with Gasteiger partial charge < -0.3 is 10.1 Å². The van der Waals surface area contributed by atoms with E-state index >= 15 is 0 Å². The van der Waals surface area contributed by atoms with Gasteiger partial charge in [0.05, 0.1) is 12.5 Å². The van der Waals surface area contributed by atoms with Gasteiger partial charge in [0.25, 0.3) is 0 Å². The molecule has 1 unspecified atom stereocenters. The van der Waals surface area contributed by atoms with Crippen LogP contribution in [0.5, 0.6) is 0 Å². The molecule has 1 saturated heterocycles. The molecule has 3 nitrogen and oxygen atoms in total. The van der Waals surface area contributed by atoms with Crippen LogP contribution in [0.3, 0.4) is 0 Å². The summed E-state index contributed by atoms with van der Waals surface area (Å²) in [6.45, 7) is 4.25. The Morgan fingerprint density at radius 3 is 3.09 bits per heavy atom. The lowest BCUT2D eigenvalue weighted by molar-refractivity contribution is -0.124. The lowest BCUT2D eigenvalue weighted by atomic mass is 10.1. The van der Waals surface area contributed by atoms with E-state index in [9.17, 15) is 4.79 Å². The average molecular weight is 157 g/mol. The number of nitrogens with one attached hydrogen (secondary N) is 1. The van der Waals surface area contributed by atoms with Gasteiger partial charge in [-0.05, 0) is 12.8 Å². The van der Waals surface area contributed by atoms with Crippen molar-refractivity contribution in [3.63, 3.8) is 0 Å². The monoisotopic (exact) mass is 157 g/mol. The lowest BCUT2D eigenvalue weighted by Crippen LogP contribution is -2.22. The summed E-state index contributed by atoms with van der Waals surface area (Å²) in [6, 6.07) is 0. The van der Waals surface area contributed by atoms with Crippen molar-refractivity contribution in [2.24, 2.45) is 5.92 Å². The van der Waals surface area contributed by atoms with Crippen LogP contribution in [0.4, 0.5) is 0 Å². The van der Waals surface area contributed by atoms with Crippen LogP contribution in [-0.4, -0.2) is 25.7 Å². The van der Waals surface area contributed by atoms with Gasteiger partial charge in [0, 0.05) is 13.2 Å². The Hall–Kier alpha value is -0.570. The number of ether oxygens (including phenoxy) is 1. The van der Waals surface area contributed by atoms with Crippen molar-refractivity contribution in [1.82, 2.24) is 5.32 Å². The third-order valence-electron chi connectivity index (χ3n) is 1.83. The van der Waals surface area contributed by atoms with E-state index in [0.717, 1.165) is 26.0 Å². The zero-order valence-corrected chi connectivity index (χ0v) is 6.93. The van der Waals surface area contributed by atoms with E-state index in [-0.39, 0.29) is 11.8 Å². The summed E-state index contributed by atoms with van der Waals surface area (Å²) in [7, 11) is 0. The van der Waals surface area contributed by atoms with E-state index in [2.05, 4.69) is 12.2 Å². The molecule has 1 aliphatic heterocycles. The molecular formula is C8H15NO2. The van der Waals surface area contributed by atoms with Gasteiger partial charge in [0.15, 0.2) is 0 Å². The Morgan fingerprint density at radius 2 is 2.55 bits per heavy atom. The minimum Gasteiger partial charge on any atom is -0.381 e. The van der Waals surface area contributed by atoms with Gasteiger partial charge in [0.2, 0.25) is 5.91 Å². The quantitative estimate of drug-likeness (QED) is 0.605. The molecule has 0 aliphatic carbocycles. The van der Waals surface area contributed by atoms with Crippen molar-refractivity contribution in [3.8, 4) is 0 Å². The molecule has 1 aliphatic rings. The molecule has 11 heavy (non-hydrogen) atoms. The first kappa shape index (κ1) is 8.53. The minimum atomic E-state index is 0.113. The normalized spacial score (nSPS) is 23.7. The summed E-state index contributed by atoms with van der Waals surface area (Å²) in [5.74, 6) is 0.266. The molecule has 64 valence electrons. The second kappa shape index (κ2) is 4.34. The highest BCUT2D eigenvalue weighted by Gasteiger charge is 2.23. The molecule has 0 aromatic rings. The fourth-order valence-electron chi connectivity index (χ4n) is 1.17. The summed E-state index contributed by atoms with van der Waals surface area (Å²) >= 11 is 0. The van der Waals surface area contributed by atoms with Crippen LogP contribution in [0.15, 0.2) is 0 Å². The molecule has 1 fully saturated rings. The molecule has 1 atom stereocenters. The smallest absolute Gasteiger partial charge is 0.225 e. The SMILES string of the molecule is CCCOCC1CCNC1=O. The minimum absolute atomic E-state index is 0.113. The highest BCUT2D eigenvalue weighted by Crippen LogP contribution is 2.09. The molecule has 1 N–H and O–H groups in total. The number of carbonyl (C=O) groups is 1. The van der Waals surface area contributed by atoms with Crippen LogP contribution in [0, 0.1) is 5.92 Å². The fourth-order valence-corrected chi connectivity index (χ4v) is 1.17. The average Bonchev–Trinajstić information content (AvgIpc) is 2.37. The van der Waals surface area contributed by atoms with Gasteiger partial charge in [-0.3, -0.25) is 4.79 Å². The maximum Gasteiger partial charge on any atom is 0.225 e. The van der Waals surface area contributed by atoms with Crippen LogP contribution in [-0.2, 0) is 9.53 Å². The number of carbonyl (C=O) groups excluding carboxylic acids is 1. The third-order valence-corrected chi connectivity index (χ3v) is 1.83. The first-order chi connectivity index (χ1) is 5.34. The van der Waals surface area contributed by atoms with Gasteiger partial charge >= 0.3 is 0 Å². The van der Waals surface area contributed by atoms with Crippen LogP contribution < -0.4 is 5.32 Å². The molecule has 0 saturated carbocycles. The van der Waals surface area contributed by atoms with E-state index in [1.165, 1.54) is 0 Å². The van der Waals surface area contributed by atoms with Crippen molar-refractivity contribution in [2.75, 3.05) is 19.8 Å². The maximum atomic E-state index is 11.0. The summed E-state index contributed by atoms with van der Waals surface area (Å²) in [5, 5.41) is 2.78. The Bertz CT molecular complexity index is 136. The summed E-state index contributed by atoms with van der Waals surface area (Å²) in [6.07, 6.45) is 1.96. The van der Waals surface area contributed by atoms with Crippen molar-refractivity contribution < 1.29 is 9.53 Å². The predicted molar refractivity (Wildman–Crippen MR) is 42.2 cm³/mol. The number of rotatable bonds is 4. The summed E-state index contributed by atoms with van der Waals surface area (Å²) < 4.78 is 5.28. The maximum absolute atomic E-state index is 11.0. The zero-order valence-electron chi connectivity index (χ0n) is 6.93. The highest BCUT2D eigenvalue weighted by molar-refractivity contribution is 5.80. The Kier molecular flexibility index (Phi) is 3.36. The van der Waals surface area contributed by atoms with Gasteiger partial charge in [-0.2, -0.15) is 0 Å². The van der Waals surface area contributed by atoms with Gasteiger partial charge in [-0.25, -0.2) is 0 Å². The molecular weight excluding hydrogens is 142 g/mol. The van der Waals surface area contributed by atoms with Gasteiger partial charge in [-0.1, -0.05) is 6.92 Å². The molecule has 1 amide bonds. The van der Waals surface area contributed by atoms with Gasteiger partial charge in [0.1, 0.15) is 0 Å². The first-order valence-corrected chi connectivity index (χ1v) is 4.20. The summed E-state index contributed by atoms with van der Waals surface area (Å²) in [4.78, 5) is 11.0. The molecule has 0 bridgehead atoms. The van der Waals surface area contributed by atoms with Crippen molar-refractivity contribution in [3.05, 3.63) is 0 Å². The number of hydrogen-bond donors (Lipinski definition) is 1. The van der Waals surface area contributed by atoms with Crippen LogP contribution in [0.2, 0.25) is 0 Å². The second-order valence-corrected chi connectivity index (χ2v) is 2.85. The van der Waals surface area contributed by atoms with Crippen LogP contribution >= 0.6 is 0 Å². The molecule has 0 spiro atoms. The van der Waals surface area contributed by atoms with Gasteiger partial charge in [-0.15, -0.1) is 0 Å². The molecule has 0 aromatic heterocycles. The second-order valence-electron chi connectivity index (χ2n) is 2.85. The molecule has 0 aromatic carbocycles. The van der Waals surface area contributed by atoms with Crippen LogP contribution in [0.1, 0.15) is 19.8 Å². The molecule has 1 rings (SSSR count). The standard InChI is InChI=1S/C8H15NO2/c1-2-5-11-6-7-3-4-9-8(7)10/h7H,2-6H2,1H3,(H,9,10). The van der Waals surface area contributed by atoms with E-state index in [1.54, 1.807) is 0 Å². The van der Waals surface area contributed by atoms with Crippen molar-refractivity contribution >= 4 is 5.91 Å². The topological polar surface area (TPSA) is 38.3 Å². The molecule has 1 heterocycles.